The van der Waals surface area contributed by atoms with Gasteiger partial charge in [-0.25, -0.2) is 8.78 Å². The van der Waals surface area contributed by atoms with Crippen LogP contribution in [0.5, 0.6) is 0 Å². The highest BCUT2D eigenvalue weighted by molar-refractivity contribution is 5.98. The van der Waals surface area contributed by atoms with Gasteiger partial charge in [0, 0.05) is 24.7 Å². The predicted molar refractivity (Wildman–Crippen MR) is 49.3 cm³/mol. The second kappa shape index (κ2) is 3.58. The number of rotatable bonds is 1. The number of carbonyl (C=O) groups excluding carboxylic acids is 1. The lowest BCUT2D eigenvalue weighted by Gasteiger charge is -2.15. The average molecular weight is 213 g/mol. The summed E-state index contributed by atoms with van der Waals surface area (Å²) in [7, 11) is 0. The summed E-state index contributed by atoms with van der Waals surface area (Å²) in [6, 6.07) is 2.87. The zero-order valence-electron chi connectivity index (χ0n) is 7.78. The number of amides is 1. The van der Waals surface area contributed by atoms with E-state index in [2.05, 4.69) is 0 Å². The van der Waals surface area contributed by atoms with Crippen LogP contribution in [-0.2, 0) is 4.79 Å². The Labute approximate surface area is 84.9 Å². The molecule has 0 aliphatic carbocycles. The molecule has 0 saturated carbocycles. The molecule has 0 aromatic heterocycles. The van der Waals surface area contributed by atoms with Crippen molar-refractivity contribution in [1.82, 2.24) is 0 Å². The van der Waals surface area contributed by atoms with Gasteiger partial charge in [-0.15, -0.1) is 0 Å². The van der Waals surface area contributed by atoms with Gasteiger partial charge < -0.3 is 10.0 Å². The number of halogens is 2. The molecule has 1 N–H and O–H groups in total. The van der Waals surface area contributed by atoms with E-state index in [1.165, 1.54) is 4.90 Å². The SMILES string of the molecule is O=C1C(O)CCN1c1cc(F)cc(F)c1. The van der Waals surface area contributed by atoms with Crippen molar-refractivity contribution >= 4 is 11.6 Å². The molecule has 0 spiro atoms. The standard InChI is InChI=1S/C10H9F2NO2/c11-6-3-7(12)5-8(4-6)13-2-1-9(14)10(13)15/h3-5,9,14H,1-2H2. The van der Waals surface area contributed by atoms with Gasteiger partial charge >= 0.3 is 0 Å². The monoisotopic (exact) mass is 213 g/mol. The van der Waals surface area contributed by atoms with Crippen molar-refractivity contribution in [3.05, 3.63) is 29.8 Å². The minimum atomic E-state index is -1.06. The van der Waals surface area contributed by atoms with Crippen LogP contribution in [0.25, 0.3) is 0 Å². The van der Waals surface area contributed by atoms with Crippen LogP contribution in [0.3, 0.4) is 0 Å². The van der Waals surface area contributed by atoms with E-state index >= 15 is 0 Å². The zero-order valence-corrected chi connectivity index (χ0v) is 7.78. The average Bonchev–Trinajstić information content (AvgIpc) is 2.46. The second-order valence-corrected chi connectivity index (χ2v) is 3.42. The van der Waals surface area contributed by atoms with Crippen molar-refractivity contribution in [2.45, 2.75) is 12.5 Å². The Bertz CT molecular complexity index is 388. The molecular formula is C10H9F2NO2. The molecule has 80 valence electrons. The van der Waals surface area contributed by atoms with Crippen LogP contribution in [0, 0.1) is 11.6 Å². The van der Waals surface area contributed by atoms with Crippen LogP contribution in [0.4, 0.5) is 14.5 Å². The smallest absolute Gasteiger partial charge is 0.255 e. The van der Waals surface area contributed by atoms with Gasteiger partial charge in [0.25, 0.3) is 5.91 Å². The zero-order chi connectivity index (χ0) is 11.0. The fourth-order valence-electron chi connectivity index (χ4n) is 1.62. The Morgan fingerprint density at radius 2 is 1.87 bits per heavy atom. The topological polar surface area (TPSA) is 40.5 Å². The third kappa shape index (κ3) is 1.83. The highest BCUT2D eigenvalue weighted by Gasteiger charge is 2.31. The molecule has 5 heteroatoms. The summed E-state index contributed by atoms with van der Waals surface area (Å²) in [6.07, 6.45) is -0.770. The van der Waals surface area contributed by atoms with E-state index in [4.69, 9.17) is 0 Å². The largest absolute Gasteiger partial charge is 0.383 e. The molecule has 1 heterocycles. The van der Waals surface area contributed by atoms with Crippen molar-refractivity contribution in [2.75, 3.05) is 11.4 Å². The van der Waals surface area contributed by atoms with Gasteiger partial charge in [-0.05, 0) is 12.1 Å². The van der Waals surface area contributed by atoms with Crippen LogP contribution < -0.4 is 4.90 Å². The minimum Gasteiger partial charge on any atom is -0.383 e. The first-order valence-corrected chi connectivity index (χ1v) is 4.53. The van der Waals surface area contributed by atoms with Gasteiger partial charge in [-0.1, -0.05) is 0 Å². The first-order chi connectivity index (χ1) is 7.08. The molecule has 1 aliphatic rings. The predicted octanol–water partition coefficient (Wildman–Crippen LogP) is 1.06. The molecule has 1 aliphatic heterocycles. The fraction of sp³-hybridized carbons (Fsp3) is 0.300. The molecule has 1 aromatic rings. The number of aliphatic hydroxyl groups excluding tert-OH is 1. The molecule has 1 saturated heterocycles. The quantitative estimate of drug-likeness (QED) is 0.757. The summed E-state index contributed by atoms with van der Waals surface area (Å²) in [5, 5.41) is 9.19. The fourth-order valence-corrected chi connectivity index (χ4v) is 1.62. The molecule has 3 nitrogen and oxygen atoms in total. The van der Waals surface area contributed by atoms with Gasteiger partial charge in [0.2, 0.25) is 0 Å². The number of benzene rings is 1. The van der Waals surface area contributed by atoms with Crippen LogP contribution in [0.1, 0.15) is 6.42 Å². The molecule has 15 heavy (non-hydrogen) atoms. The molecule has 1 atom stereocenters. The number of aliphatic hydroxyl groups is 1. The van der Waals surface area contributed by atoms with Gasteiger partial charge in [0.05, 0.1) is 0 Å². The highest BCUT2D eigenvalue weighted by Crippen LogP contribution is 2.23. The molecule has 1 amide bonds. The lowest BCUT2D eigenvalue weighted by atomic mass is 10.2. The van der Waals surface area contributed by atoms with Crippen molar-refractivity contribution in [1.29, 1.82) is 0 Å². The summed E-state index contributed by atoms with van der Waals surface area (Å²) >= 11 is 0. The Kier molecular flexibility index (Phi) is 2.40. The van der Waals surface area contributed by atoms with E-state index < -0.39 is 23.6 Å². The lowest BCUT2D eigenvalue weighted by molar-refractivity contribution is -0.123. The van der Waals surface area contributed by atoms with Crippen molar-refractivity contribution in [2.24, 2.45) is 0 Å². The van der Waals surface area contributed by atoms with Crippen molar-refractivity contribution in [3.63, 3.8) is 0 Å². The van der Waals surface area contributed by atoms with E-state index in [9.17, 15) is 18.7 Å². The van der Waals surface area contributed by atoms with E-state index in [0.29, 0.717) is 0 Å². The van der Waals surface area contributed by atoms with Crippen LogP contribution in [0.15, 0.2) is 18.2 Å². The number of anilines is 1. The van der Waals surface area contributed by atoms with E-state index in [1.807, 2.05) is 0 Å². The molecular weight excluding hydrogens is 204 g/mol. The Balaban J connectivity index is 2.34. The maximum absolute atomic E-state index is 12.9. The van der Waals surface area contributed by atoms with Gasteiger partial charge in [-0.3, -0.25) is 4.79 Å². The first kappa shape index (κ1) is 10.0. The maximum atomic E-state index is 12.9. The minimum absolute atomic E-state index is 0.147. The Morgan fingerprint density at radius 1 is 1.27 bits per heavy atom. The highest BCUT2D eigenvalue weighted by atomic mass is 19.1. The molecule has 0 bridgehead atoms. The summed E-state index contributed by atoms with van der Waals surface area (Å²) in [5.41, 5.74) is 0.147. The molecule has 1 aromatic carbocycles. The lowest BCUT2D eigenvalue weighted by Crippen LogP contribution is -2.29. The maximum Gasteiger partial charge on any atom is 0.255 e. The third-order valence-electron chi connectivity index (χ3n) is 2.34. The summed E-state index contributed by atoms with van der Waals surface area (Å²) in [4.78, 5) is 12.5. The number of carbonyl (C=O) groups is 1. The van der Waals surface area contributed by atoms with Crippen LogP contribution in [0.2, 0.25) is 0 Å². The van der Waals surface area contributed by atoms with Crippen LogP contribution in [-0.4, -0.2) is 23.7 Å². The van der Waals surface area contributed by atoms with Crippen molar-refractivity contribution < 1.29 is 18.7 Å². The van der Waals surface area contributed by atoms with E-state index in [-0.39, 0.29) is 18.7 Å². The van der Waals surface area contributed by atoms with Crippen molar-refractivity contribution in [3.8, 4) is 0 Å². The normalized spacial score (nSPS) is 21.1. The van der Waals surface area contributed by atoms with E-state index in [0.717, 1.165) is 18.2 Å². The number of nitrogens with zero attached hydrogens (tertiary/aromatic N) is 1. The van der Waals surface area contributed by atoms with Gasteiger partial charge in [-0.2, -0.15) is 0 Å². The van der Waals surface area contributed by atoms with Crippen LogP contribution >= 0.6 is 0 Å². The molecule has 1 unspecified atom stereocenters. The third-order valence-corrected chi connectivity index (χ3v) is 2.34. The number of hydrogen-bond donors (Lipinski definition) is 1. The summed E-state index contributed by atoms with van der Waals surface area (Å²) in [5.74, 6) is -1.99. The Morgan fingerprint density at radius 3 is 2.33 bits per heavy atom. The van der Waals surface area contributed by atoms with Gasteiger partial charge in [0.15, 0.2) is 0 Å². The second-order valence-electron chi connectivity index (χ2n) is 3.42. The molecule has 1 fully saturated rings. The first-order valence-electron chi connectivity index (χ1n) is 4.53. The molecule has 2 rings (SSSR count). The van der Waals surface area contributed by atoms with Gasteiger partial charge in [0.1, 0.15) is 17.7 Å². The number of hydrogen-bond acceptors (Lipinski definition) is 2. The van der Waals surface area contributed by atoms with E-state index in [1.54, 1.807) is 0 Å². The summed E-state index contributed by atoms with van der Waals surface area (Å²) in [6.45, 7) is 0.281. The molecule has 0 radical (unpaired) electrons. The summed E-state index contributed by atoms with van der Waals surface area (Å²) < 4.78 is 25.7. The Hall–Kier alpha value is -1.49.